The van der Waals surface area contributed by atoms with E-state index in [2.05, 4.69) is 148 Å². The van der Waals surface area contributed by atoms with E-state index in [1.54, 1.807) is 14.2 Å². The van der Waals surface area contributed by atoms with Crippen molar-refractivity contribution in [2.75, 3.05) is 50.3 Å². The highest BCUT2D eigenvalue weighted by Gasteiger charge is 2.42. The van der Waals surface area contributed by atoms with Crippen molar-refractivity contribution in [3.8, 4) is 0 Å². The van der Waals surface area contributed by atoms with E-state index in [-0.39, 0.29) is 16.4 Å². The molecule has 1 saturated carbocycles. The van der Waals surface area contributed by atoms with Gasteiger partial charge in [-0.15, -0.1) is 0 Å². The molecule has 0 spiro atoms. The Morgan fingerprint density at radius 3 is 1.55 bits per heavy atom. The Balaban J connectivity index is 1.52. The molecular weight excluding hydrogens is 723 g/mol. The molecule has 292 valence electrons. The highest BCUT2D eigenvalue weighted by molar-refractivity contribution is 6.31. The molecule has 0 radical (unpaired) electrons. The van der Waals surface area contributed by atoms with E-state index in [0.29, 0.717) is 13.2 Å². The lowest BCUT2D eigenvalue weighted by Gasteiger charge is -2.27. The van der Waals surface area contributed by atoms with Gasteiger partial charge in [0.25, 0.3) is 0 Å². The van der Waals surface area contributed by atoms with E-state index in [9.17, 15) is 0 Å². The molecule has 2 aromatic carbocycles. The largest absolute Gasteiger partial charge is 0.385 e. The van der Waals surface area contributed by atoms with Crippen LogP contribution in [-0.2, 0) is 27.4 Å². The zero-order valence-electron chi connectivity index (χ0n) is 34.6. The number of hydrogen-bond donors (Lipinski definition) is 0. The molecular formula is C47H60Cl2N4O2+2. The van der Waals surface area contributed by atoms with E-state index >= 15 is 0 Å². The average Bonchev–Trinajstić information content (AvgIpc) is 3.68. The molecule has 1 fully saturated rings. The third-order valence-electron chi connectivity index (χ3n) is 11.4. The molecule has 3 aromatic rings. The summed E-state index contributed by atoms with van der Waals surface area (Å²) in [5.74, 6) is 0. The van der Waals surface area contributed by atoms with Crippen LogP contribution in [0.3, 0.4) is 0 Å². The second-order valence-corrected chi connectivity index (χ2v) is 18.0. The number of pyridine rings is 1. The van der Waals surface area contributed by atoms with Crippen LogP contribution < -0.4 is 14.4 Å². The number of benzene rings is 2. The highest BCUT2D eigenvalue weighted by atomic mass is 35.5. The lowest BCUT2D eigenvalue weighted by atomic mass is 9.83. The zero-order chi connectivity index (χ0) is 39.7. The molecule has 6 nitrogen and oxygen atoms in total. The minimum atomic E-state index is -0.220. The maximum Gasteiger partial charge on any atom is 0.218 e. The van der Waals surface area contributed by atoms with Crippen molar-refractivity contribution in [3.05, 3.63) is 129 Å². The Hall–Kier alpha value is -3.68. The summed E-state index contributed by atoms with van der Waals surface area (Å²) in [7, 11) is 5.62. The predicted molar refractivity (Wildman–Crippen MR) is 230 cm³/mol. The number of methoxy groups -OCH3 is 2. The first-order chi connectivity index (χ1) is 26.1. The van der Waals surface area contributed by atoms with Crippen LogP contribution in [-0.4, -0.2) is 56.3 Å². The van der Waals surface area contributed by atoms with Crippen LogP contribution in [0.5, 0.6) is 0 Å². The van der Waals surface area contributed by atoms with E-state index in [4.69, 9.17) is 32.7 Å². The quantitative estimate of drug-likeness (QED) is 0.143. The monoisotopic (exact) mass is 782 g/mol. The maximum absolute atomic E-state index is 6.60. The summed E-state index contributed by atoms with van der Waals surface area (Å²) >= 11 is 13.2. The Kier molecular flexibility index (Phi) is 12.2. The second-order valence-electron chi connectivity index (χ2n) is 17.1. The summed E-state index contributed by atoms with van der Waals surface area (Å²) in [6, 6.07) is 17.1. The van der Waals surface area contributed by atoms with Crippen LogP contribution in [0.4, 0.5) is 17.1 Å². The second kappa shape index (κ2) is 16.4. The van der Waals surface area contributed by atoms with Crippen molar-refractivity contribution in [1.29, 1.82) is 0 Å². The van der Waals surface area contributed by atoms with Crippen molar-refractivity contribution in [2.45, 2.75) is 90.5 Å². The third kappa shape index (κ3) is 8.25. The summed E-state index contributed by atoms with van der Waals surface area (Å²) in [5, 5.41) is 1.54. The molecule has 0 amide bonds. The first-order valence-corrected chi connectivity index (χ1v) is 20.4. The number of aromatic nitrogens is 1. The van der Waals surface area contributed by atoms with Crippen molar-refractivity contribution >= 4 is 46.0 Å². The van der Waals surface area contributed by atoms with Crippen LogP contribution in [0.25, 0.3) is 0 Å². The fourth-order valence-electron chi connectivity index (χ4n) is 8.69. The molecule has 1 aliphatic carbocycles. The Labute approximate surface area is 340 Å². The molecule has 0 bridgehead atoms. The van der Waals surface area contributed by atoms with Gasteiger partial charge in [-0.05, 0) is 85.4 Å². The van der Waals surface area contributed by atoms with Gasteiger partial charge in [0, 0.05) is 116 Å². The standard InChI is InChI=1S/C47H60Cl2N4O2/c1-45(2,3)53(37-23-27-50(8)28-24-37)44-33(15-21-42-46(4,5)38-31-35(48)17-19-40(38)51(42)25-11-29-54-9)13-14-34(44)16-22-43-47(6,7)39-32-36(49)18-20-41(39)52(43)26-12-30-55-10/h15-24,27-28,31-32H,11-14,25-26,29-30H2,1-10H3/q+2. The first kappa shape index (κ1) is 41.0. The number of fused-ring (bicyclic) bond motifs is 2. The first-order valence-electron chi connectivity index (χ1n) is 19.7. The molecule has 0 unspecified atom stereocenters. The van der Waals surface area contributed by atoms with Gasteiger partial charge in [-0.2, -0.15) is 4.58 Å². The summed E-state index contributed by atoms with van der Waals surface area (Å²) in [4.78, 5) is 4.95. The van der Waals surface area contributed by atoms with Crippen LogP contribution in [0.15, 0.2) is 108 Å². The number of nitrogens with zero attached hydrogens (tertiary/aromatic N) is 4. The van der Waals surface area contributed by atoms with E-state index in [1.807, 2.05) is 12.1 Å². The number of ether oxygens (including phenoxy) is 2. The number of hydrogen-bond acceptors (Lipinski definition) is 4. The fraction of sp³-hybridized carbons (Fsp3) is 0.447. The van der Waals surface area contributed by atoms with Crippen LogP contribution in [0.2, 0.25) is 10.0 Å². The van der Waals surface area contributed by atoms with E-state index < -0.39 is 0 Å². The summed E-state index contributed by atoms with van der Waals surface area (Å²) in [6.45, 7) is 19.4. The Morgan fingerprint density at radius 2 is 1.15 bits per heavy atom. The van der Waals surface area contributed by atoms with Crippen molar-refractivity contribution in [3.63, 3.8) is 0 Å². The third-order valence-corrected chi connectivity index (χ3v) is 11.9. The molecule has 2 aliphatic heterocycles. The number of halogens is 2. The summed E-state index contributed by atoms with van der Waals surface area (Å²) in [5.41, 5.74) is 12.0. The lowest BCUT2D eigenvalue weighted by molar-refractivity contribution is -0.672. The van der Waals surface area contributed by atoms with Crippen LogP contribution in [0, 0.1) is 0 Å². The minimum Gasteiger partial charge on any atom is -0.385 e. The predicted octanol–water partition coefficient (Wildman–Crippen LogP) is 10.8. The molecule has 0 saturated heterocycles. The van der Waals surface area contributed by atoms with Gasteiger partial charge in [0.15, 0.2) is 17.9 Å². The smallest absolute Gasteiger partial charge is 0.218 e. The van der Waals surface area contributed by atoms with Gasteiger partial charge in [0.1, 0.15) is 7.05 Å². The summed E-state index contributed by atoms with van der Waals surface area (Å²) < 4.78 is 15.6. The normalized spacial score (nSPS) is 21.4. The molecule has 0 atom stereocenters. The lowest BCUT2D eigenvalue weighted by Crippen LogP contribution is -2.35. The average molecular weight is 784 g/mol. The van der Waals surface area contributed by atoms with Gasteiger partial charge < -0.3 is 19.3 Å². The van der Waals surface area contributed by atoms with Gasteiger partial charge in [-0.1, -0.05) is 63.0 Å². The number of aryl methyl sites for hydroxylation is 1. The van der Waals surface area contributed by atoms with Crippen molar-refractivity contribution < 1.29 is 18.6 Å². The van der Waals surface area contributed by atoms with Crippen LogP contribution >= 0.6 is 23.2 Å². The van der Waals surface area contributed by atoms with E-state index in [1.165, 1.54) is 56.4 Å². The molecule has 6 rings (SSSR count). The fourth-order valence-corrected chi connectivity index (χ4v) is 9.03. The van der Waals surface area contributed by atoms with Gasteiger partial charge >= 0.3 is 0 Å². The number of anilines is 2. The van der Waals surface area contributed by atoms with Crippen LogP contribution in [0.1, 0.15) is 85.3 Å². The molecule has 8 heteroatoms. The van der Waals surface area contributed by atoms with Gasteiger partial charge in [-0.3, -0.25) is 0 Å². The Morgan fingerprint density at radius 1 is 0.709 bits per heavy atom. The summed E-state index contributed by atoms with van der Waals surface area (Å²) in [6.07, 6.45) is 17.6. The molecule has 3 aliphatic rings. The number of rotatable bonds is 11. The van der Waals surface area contributed by atoms with Gasteiger partial charge in [-0.25, -0.2) is 4.57 Å². The maximum atomic E-state index is 6.60. The minimum absolute atomic E-state index is 0.199. The molecule has 1 aromatic heterocycles. The van der Waals surface area contributed by atoms with Gasteiger partial charge in [0.05, 0.1) is 12.1 Å². The van der Waals surface area contributed by atoms with Crippen molar-refractivity contribution in [2.24, 2.45) is 7.05 Å². The van der Waals surface area contributed by atoms with Gasteiger partial charge in [0.2, 0.25) is 11.4 Å². The zero-order valence-corrected chi connectivity index (χ0v) is 36.1. The molecule has 55 heavy (non-hydrogen) atoms. The highest BCUT2D eigenvalue weighted by Crippen LogP contribution is 2.50. The van der Waals surface area contributed by atoms with E-state index in [0.717, 1.165) is 48.8 Å². The number of allylic oxidation sites excluding steroid dienone is 8. The SMILES string of the molecule is COCCCN1C(=CC=C2CC/C(=C\C=C3\N(CCCOC)c4ccc(Cl)cc4C3(C)C)C2=[N+](c2cc[n+](C)cc2)C(C)(C)C)C(C)(C)c2cc(Cl)ccc21. The molecule has 3 heterocycles. The Bertz CT molecular complexity index is 1950. The topological polar surface area (TPSA) is 31.8 Å². The van der Waals surface area contributed by atoms with Crippen molar-refractivity contribution in [1.82, 2.24) is 0 Å². The molecule has 0 N–H and O–H groups in total.